The molecule has 2 atom stereocenters. The van der Waals surface area contributed by atoms with E-state index in [4.69, 9.17) is 5.11 Å². The van der Waals surface area contributed by atoms with Gasteiger partial charge in [0.25, 0.3) is 0 Å². The number of anilines is 1. The van der Waals surface area contributed by atoms with Crippen LogP contribution in [0.15, 0.2) is 24.3 Å². The van der Waals surface area contributed by atoms with E-state index in [1.54, 1.807) is 18.7 Å². The quantitative estimate of drug-likeness (QED) is 0.873. The number of hydrogen-bond donors (Lipinski definition) is 2. The van der Waals surface area contributed by atoms with Crippen LogP contribution >= 0.6 is 0 Å². The van der Waals surface area contributed by atoms with Gasteiger partial charge in [-0.15, -0.1) is 0 Å². The van der Waals surface area contributed by atoms with E-state index in [0.29, 0.717) is 6.54 Å². The summed E-state index contributed by atoms with van der Waals surface area (Å²) in [6, 6.07) is 7.13. The topological polar surface area (TPSA) is 69.6 Å². The fourth-order valence-corrected chi connectivity index (χ4v) is 2.16. The van der Waals surface area contributed by atoms with Gasteiger partial charge in [-0.05, 0) is 31.9 Å². The third-order valence-corrected chi connectivity index (χ3v) is 3.62. The minimum absolute atomic E-state index is 0.231. The second kappa shape index (κ2) is 5.30. The normalized spacial score (nSPS) is 16.6. The van der Waals surface area contributed by atoms with Crippen LogP contribution in [0.1, 0.15) is 19.4 Å². The highest BCUT2D eigenvalue weighted by molar-refractivity contribution is 5.94. The number of carboxylic acid groups (broad SMARTS) is 1. The molecule has 0 radical (unpaired) electrons. The van der Waals surface area contributed by atoms with E-state index in [1.165, 1.54) is 0 Å². The molecule has 2 N–H and O–H groups in total. The Morgan fingerprint density at radius 2 is 2.00 bits per heavy atom. The zero-order valence-electron chi connectivity index (χ0n) is 11.1. The summed E-state index contributed by atoms with van der Waals surface area (Å²) < 4.78 is 0. The van der Waals surface area contributed by atoms with Gasteiger partial charge in [0.2, 0.25) is 0 Å². The summed E-state index contributed by atoms with van der Waals surface area (Å²) >= 11 is 0. The van der Waals surface area contributed by atoms with E-state index in [-0.39, 0.29) is 6.03 Å². The van der Waals surface area contributed by atoms with Gasteiger partial charge in [0.15, 0.2) is 0 Å². The van der Waals surface area contributed by atoms with Crippen LogP contribution in [0.4, 0.5) is 10.5 Å². The zero-order chi connectivity index (χ0) is 14.0. The standard InChI is InChI=1S/C14H18N2O3/c1-9(13(17)18)10(2)15-14(19)16-8-7-11-5-3-4-6-12(11)16/h3-6,9-10H,7-8H2,1-2H3,(H,15,19)(H,17,18). The van der Waals surface area contributed by atoms with Gasteiger partial charge in [-0.25, -0.2) is 4.79 Å². The van der Waals surface area contributed by atoms with Crippen molar-refractivity contribution in [3.63, 3.8) is 0 Å². The van der Waals surface area contributed by atoms with Crippen LogP contribution in [0.3, 0.4) is 0 Å². The van der Waals surface area contributed by atoms with Crippen molar-refractivity contribution < 1.29 is 14.7 Å². The van der Waals surface area contributed by atoms with Crippen molar-refractivity contribution in [3.05, 3.63) is 29.8 Å². The van der Waals surface area contributed by atoms with Crippen LogP contribution in [0, 0.1) is 5.92 Å². The zero-order valence-corrected chi connectivity index (χ0v) is 11.1. The minimum Gasteiger partial charge on any atom is -0.481 e. The second-order valence-electron chi connectivity index (χ2n) is 4.90. The smallest absolute Gasteiger partial charge is 0.322 e. The van der Waals surface area contributed by atoms with Crippen molar-refractivity contribution in [2.24, 2.45) is 5.92 Å². The first-order valence-corrected chi connectivity index (χ1v) is 6.39. The van der Waals surface area contributed by atoms with Crippen molar-refractivity contribution in [2.45, 2.75) is 26.3 Å². The largest absolute Gasteiger partial charge is 0.481 e. The number of nitrogens with zero attached hydrogens (tertiary/aromatic N) is 1. The summed E-state index contributed by atoms with van der Waals surface area (Å²) in [4.78, 5) is 24.7. The molecule has 5 heteroatoms. The predicted octanol–water partition coefficient (Wildman–Crippen LogP) is 1.87. The van der Waals surface area contributed by atoms with Gasteiger partial charge >= 0.3 is 12.0 Å². The van der Waals surface area contributed by atoms with Gasteiger partial charge in [0, 0.05) is 18.3 Å². The highest BCUT2D eigenvalue weighted by Crippen LogP contribution is 2.27. The number of fused-ring (bicyclic) bond motifs is 1. The molecule has 0 aromatic heterocycles. The Bertz CT molecular complexity index is 501. The molecular weight excluding hydrogens is 244 g/mol. The lowest BCUT2D eigenvalue weighted by Gasteiger charge is -2.23. The van der Waals surface area contributed by atoms with Crippen molar-refractivity contribution in [2.75, 3.05) is 11.4 Å². The molecule has 1 aliphatic rings. The van der Waals surface area contributed by atoms with Gasteiger partial charge in [-0.3, -0.25) is 9.69 Å². The molecule has 102 valence electrons. The number of para-hydroxylation sites is 1. The molecule has 1 aromatic carbocycles. The molecule has 2 amide bonds. The Kier molecular flexibility index (Phi) is 3.74. The maximum absolute atomic E-state index is 12.2. The second-order valence-corrected chi connectivity index (χ2v) is 4.90. The first-order chi connectivity index (χ1) is 9.00. The highest BCUT2D eigenvalue weighted by Gasteiger charge is 2.27. The molecule has 5 nitrogen and oxygen atoms in total. The van der Waals surface area contributed by atoms with Crippen LogP contribution in [0.2, 0.25) is 0 Å². The van der Waals surface area contributed by atoms with E-state index in [0.717, 1.165) is 17.7 Å². The van der Waals surface area contributed by atoms with Crippen LogP contribution in [0.25, 0.3) is 0 Å². The lowest BCUT2D eigenvalue weighted by molar-refractivity contribution is -0.141. The third kappa shape index (κ3) is 2.70. The van der Waals surface area contributed by atoms with Gasteiger partial charge in [0.05, 0.1) is 5.92 Å². The van der Waals surface area contributed by atoms with Crippen LogP contribution < -0.4 is 10.2 Å². The van der Waals surface area contributed by atoms with Crippen molar-refractivity contribution in [3.8, 4) is 0 Å². The highest BCUT2D eigenvalue weighted by atomic mass is 16.4. The molecule has 0 saturated heterocycles. The van der Waals surface area contributed by atoms with E-state index in [9.17, 15) is 9.59 Å². The average molecular weight is 262 g/mol. The summed E-state index contributed by atoms with van der Waals surface area (Å²) in [7, 11) is 0. The number of rotatable bonds is 3. The van der Waals surface area contributed by atoms with E-state index in [1.807, 2.05) is 24.3 Å². The van der Waals surface area contributed by atoms with Crippen molar-refractivity contribution in [1.82, 2.24) is 5.32 Å². The SMILES string of the molecule is CC(NC(=O)N1CCc2ccccc21)C(C)C(=O)O. The van der Waals surface area contributed by atoms with Gasteiger partial charge < -0.3 is 10.4 Å². The monoisotopic (exact) mass is 262 g/mol. The van der Waals surface area contributed by atoms with Gasteiger partial charge in [-0.1, -0.05) is 18.2 Å². The van der Waals surface area contributed by atoms with Crippen LogP contribution in [-0.2, 0) is 11.2 Å². The molecule has 1 aromatic rings. The van der Waals surface area contributed by atoms with Crippen LogP contribution in [-0.4, -0.2) is 29.7 Å². The van der Waals surface area contributed by atoms with Crippen molar-refractivity contribution >= 4 is 17.7 Å². The number of urea groups is 1. The van der Waals surface area contributed by atoms with Gasteiger partial charge in [0.1, 0.15) is 0 Å². The number of carbonyl (C=O) groups excluding carboxylic acids is 1. The number of benzene rings is 1. The Balaban J connectivity index is 2.04. The maximum Gasteiger partial charge on any atom is 0.322 e. The summed E-state index contributed by atoms with van der Waals surface area (Å²) in [5.74, 6) is -1.52. The van der Waals surface area contributed by atoms with E-state index in [2.05, 4.69) is 5.32 Å². The molecule has 0 fully saturated rings. The number of carbonyl (C=O) groups is 2. The number of carboxylic acids is 1. The predicted molar refractivity (Wildman–Crippen MR) is 72.3 cm³/mol. The van der Waals surface area contributed by atoms with Gasteiger partial charge in [-0.2, -0.15) is 0 Å². The minimum atomic E-state index is -0.908. The number of amides is 2. The molecule has 0 spiro atoms. The first kappa shape index (κ1) is 13.4. The molecule has 2 unspecified atom stereocenters. The summed E-state index contributed by atoms with van der Waals surface area (Å²) in [6.45, 7) is 3.93. The molecule has 0 aliphatic carbocycles. The molecule has 0 bridgehead atoms. The Morgan fingerprint density at radius 3 is 2.68 bits per heavy atom. The molecule has 0 saturated carbocycles. The molecule has 1 aliphatic heterocycles. The average Bonchev–Trinajstić information content (AvgIpc) is 2.81. The lowest BCUT2D eigenvalue weighted by Crippen LogP contribution is -2.46. The Hall–Kier alpha value is -2.04. The molecule has 1 heterocycles. The fourth-order valence-electron chi connectivity index (χ4n) is 2.16. The summed E-state index contributed by atoms with van der Waals surface area (Å²) in [5.41, 5.74) is 2.06. The summed E-state index contributed by atoms with van der Waals surface area (Å²) in [6.07, 6.45) is 0.840. The number of nitrogens with one attached hydrogen (secondary N) is 1. The molecule has 19 heavy (non-hydrogen) atoms. The maximum atomic E-state index is 12.2. The number of hydrogen-bond acceptors (Lipinski definition) is 2. The fraction of sp³-hybridized carbons (Fsp3) is 0.429. The number of aliphatic carboxylic acids is 1. The van der Waals surface area contributed by atoms with Crippen LogP contribution in [0.5, 0.6) is 0 Å². The summed E-state index contributed by atoms with van der Waals surface area (Å²) in [5, 5.41) is 11.7. The Morgan fingerprint density at radius 1 is 1.32 bits per heavy atom. The lowest BCUT2D eigenvalue weighted by atomic mass is 10.0. The van der Waals surface area contributed by atoms with E-state index < -0.39 is 17.9 Å². The third-order valence-electron chi connectivity index (χ3n) is 3.62. The Labute approximate surface area is 112 Å². The molecular formula is C14H18N2O3. The molecule has 2 rings (SSSR count). The van der Waals surface area contributed by atoms with E-state index >= 15 is 0 Å². The first-order valence-electron chi connectivity index (χ1n) is 6.39. The van der Waals surface area contributed by atoms with Crippen molar-refractivity contribution in [1.29, 1.82) is 0 Å².